The molecule has 4 nitrogen and oxygen atoms in total. The Morgan fingerprint density at radius 3 is 2.67 bits per heavy atom. The van der Waals surface area contributed by atoms with Gasteiger partial charge >= 0.3 is 5.97 Å². The van der Waals surface area contributed by atoms with Gasteiger partial charge in [-0.05, 0) is 19.3 Å². The van der Waals surface area contributed by atoms with E-state index in [-0.39, 0.29) is 5.71 Å². The van der Waals surface area contributed by atoms with Gasteiger partial charge in [0.2, 0.25) is 0 Å². The van der Waals surface area contributed by atoms with Crippen LogP contribution in [-0.2, 0) is 9.63 Å². The van der Waals surface area contributed by atoms with Crippen molar-refractivity contribution >= 4 is 11.7 Å². The number of hydrogen-bond acceptors (Lipinski definition) is 3. The van der Waals surface area contributed by atoms with E-state index in [1.54, 1.807) is 0 Å². The molecule has 1 aliphatic carbocycles. The van der Waals surface area contributed by atoms with Gasteiger partial charge in [-0.3, -0.25) is 0 Å². The fourth-order valence-electron chi connectivity index (χ4n) is 1.88. The van der Waals surface area contributed by atoms with E-state index in [0.717, 1.165) is 12.3 Å². The molecule has 0 aromatic rings. The lowest BCUT2D eigenvalue weighted by molar-refractivity contribution is -0.129. The summed E-state index contributed by atoms with van der Waals surface area (Å²) >= 11 is 0. The zero-order chi connectivity index (χ0) is 11.1. The van der Waals surface area contributed by atoms with Crippen molar-refractivity contribution < 1.29 is 14.7 Å². The molecule has 0 aromatic carbocycles. The summed E-state index contributed by atoms with van der Waals surface area (Å²) in [4.78, 5) is 15.4. The topological polar surface area (TPSA) is 58.9 Å². The lowest BCUT2D eigenvalue weighted by Crippen LogP contribution is -2.11. The summed E-state index contributed by atoms with van der Waals surface area (Å²) in [7, 11) is 0. The summed E-state index contributed by atoms with van der Waals surface area (Å²) in [5.74, 6) is -0.272. The standard InChI is InChI=1S/C11H19NO3/c1-9(11(13)14)12-15-8-7-10-5-3-2-4-6-10/h10H,2-8H2,1H3,(H,13,14). The molecular formula is C11H19NO3. The van der Waals surface area contributed by atoms with Crippen LogP contribution in [0.1, 0.15) is 45.4 Å². The van der Waals surface area contributed by atoms with Crippen LogP contribution in [0.25, 0.3) is 0 Å². The zero-order valence-electron chi connectivity index (χ0n) is 9.24. The molecular weight excluding hydrogens is 194 g/mol. The molecule has 0 atom stereocenters. The summed E-state index contributed by atoms with van der Waals surface area (Å²) in [5, 5.41) is 12.0. The summed E-state index contributed by atoms with van der Waals surface area (Å²) in [5.41, 5.74) is 0.0126. The third kappa shape index (κ3) is 4.81. The van der Waals surface area contributed by atoms with E-state index >= 15 is 0 Å². The van der Waals surface area contributed by atoms with Crippen LogP contribution in [0.2, 0.25) is 0 Å². The number of carboxylic acid groups (broad SMARTS) is 1. The summed E-state index contributed by atoms with van der Waals surface area (Å²) in [6.07, 6.45) is 7.56. The van der Waals surface area contributed by atoms with Crippen molar-refractivity contribution in [2.45, 2.75) is 45.4 Å². The van der Waals surface area contributed by atoms with Gasteiger partial charge < -0.3 is 9.94 Å². The van der Waals surface area contributed by atoms with Crippen LogP contribution in [0.4, 0.5) is 0 Å². The lowest BCUT2D eigenvalue weighted by atomic mass is 9.87. The van der Waals surface area contributed by atoms with Crippen molar-refractivity contribution in [1.29, 1.82) is 0 Å². The molecule has 1 fully saturated rings. The van der Waals surface area contributed by atoms with Crippen molar-refractivity contribution in [1.82, 2.24) is 0 Å². The molecule has 0 bridgehead atoms. The van der Waals surface area contributed by atoms with Gasteiger partial charge in [-0.1, -0.05) is 37.3 Å². The molecule has 0 saturated heterocycles. The van der Waals surface area contributed by atoms with Gasteiger partial charge in [0.15, 0.2) is 5.71 Å². The average molecular weight is 213 g/mol. The number of carboxylic acids is 1. The highest BCUT2D eigenvalue weighted by Gasteiger charge is 2.13. The minimum atomic E-state index is -1.02. The second-order valence-corrected chi connectivity index (χ2v) is 4.11. The number of carbonyl (C=O) groups is 1. The average Bonchev–Trinajstić information content (AvgIpc) is 2.25. The van der Waals surface area contributed by atoms with Crippen LogP contribution in [0, 0.1) is 5.92 Å². The Morgan fingerprint density at radius 1 is 1.40 bits per heavy atom. The molecule has 1 N–H and O–H groups in total. The van der Waals surface area contributed by atoms with Crippen LogP contribution in [0.15, 0.2) is 5.16 Å². The first-order valence-corrected chi connectivity index (χ1v) is 5.60. The Bertz CT molecular complexity index is 232. The molecule has 15 heavy (non-hydrogen) atoms. The molecule has 1 saturated carbocycles. The third-order valence-electron chi connectivity index (χ3n) is 2.85. The van der Waals surface area contributed by atoms with Crippen molar-refractivity contribution in [3.8, 4) is 0 Å². The van der Waals surface area contributed by atoms with Crippen LogP contribution >= 0.6 is 0 Å². The summed E-state index contributed by atoms with van der Waals surface area (Å²) in [6.45, 7) is 1.97. The SMILES string of the molecule is CC(=NOCCC1CCCCC1)C(=O)O. The normalized spacial score (nSPS) is 18.9. The fraction of sp³-hybridized carbons (Fsp3) is 0.818. The number of rotatable bonds is 5. The van der Waals surface area contributed by atoms with Gasteiger partial charge in [0.05, 0.1) is 0 Å². The first-order chi connectivity index (χ1) is 7.20. The molecule has 0 spiro atoms. The Morgan fingerprint density at radius 2 is 2.07 bits per heavy atom. The van der Waals surface area contributed by atoms with Crippen LogP contribution in [-0.4, -0.2) is 23.4 Å². The maximum absolute atomic E-state index is 10.4. The van der Waals surface area contributed by atoms with E-state index in [9.17, 15) is 4.79 Å². The highest BCUT2D eigenvalue weighted by atomic mass is 16.6. The van der Waals surface area contributed by atoms with Gasteiger partial charge in [0.25, 0.3) is 0 Å². The van der Waals surface area contributed by atoms with Crippen LogP contribution < -0.4 is 0 Å². The highest BCUT2D eigenvalue weighted by Crippen LogP contribution is 2.25. The zero-order valence-corrected chi connectivity index (χ0v) is 9.24. The molecule has 0 aromatic heterocycles. The van der Waals surface area contributed by atoms with E-state index in [1.807, 2.05) is 0 Å². The second-order valence-electron chi connectivity index (χ2n) is 4.11. The summed E-state index contributed by atoms with van der Waals surface area (Å²) < 4.78 is 0. The van der Waals surface area contributed by atoms with Gasteiger partial charge in [-0.15, -0.1) is 0 Å². The predicted molar refractivity (Wildman–Crippen MR) is 57.9 cm³/mol. The molecule has 1 aliphatic rings. The molecule has 0 radical (unpaired) electrons. The molecule has 0 aliphatic heterocycles. The van der Waals surface area contributed by atoms with Gasteiger partial charge in [-0.2, -0.15) is 0 Å². The van der Waals surface area contributed by atoms with Crippen molar-refractivity contribution in [3.05, 3.63) is 0 Å². The Labute approximate surface area is 90.3 Å². The first kappa shape index (κ1) is 12.0. The molecule has 1 rings (SSSR count). The van der Waals surface area contributed by atoms with Gasteiger partial charge in [-0.25, -0.2) is 4.79 Å². The van der Waals surface area contributed by atoms with Crippen molar-refractivity contribution in [3.63, 3.8) is 0 Å². The molecule has 0 amide bonds. The number of nitrogens with zero attached hydrogens (tertiary/aromatic N) is 1. The van der Waals surface area contributed by atoms with Crippen molar-refractivity contribution in [2.75, 3.05) is 6.61 Å². The Balaban J connectivity index is 2.10. The predicted octanol–water partition coefficient (Wildman–Crippen LogP) is 2.43. The first-order valence-electron chi connectivity index (χ1n) is 5.60. The second kappa shape index (κ2) is 6.43. The van der Waals surface area contributed by atoms with E-state index in [4.69, 9.17) is 9.94 Å². The minimum Gasteiger partial charge on any atom is -0.477 e. The van der Waals surface area contributed by atoms with Crippen LogP contribution in [0.5, 0.6) is 0 Å². The number of hydrogen-bond donors (Lipinski definition) is 1. The largest absolute Gasteiger partial charge is 0.477 e. The van der Waals surface area contributed by atoms with E-state index < -0.39 is 5.97 Å². The minimum absolute atomic E-state index is 0.0126. The highest BCUT2D eigenvalue weighted by molar-refractivity contribution is 6.34. The molecule has 0 unspecified atom stereocenters. The molecule has 86 valence electrons. The quantitative estimate of drug-likeness (QED) is 0.433. The van der Waals surface area contributed by atoms with E-state index in [0.29, 0.717) is 6.61 Å². The lowest BCUT2D eigenvalue weighted by Gasteiger charge is -2.20. The Hall–Kier alpha value is -1.06. The number of oxime groups is 1. The fourth-order valence-corrected chi connectivity index (χ4v) is 1.88. The van der Waals surface area contributed by atoms with Crippen molar-refractivity contribution in [2.24, 2.45) is 11.1 Å². The van der Waals surface area contributed by atoms with E-state index in [1.165, 1.54) is 39.0 Å². The monoisotopic (exact) mass is 213 g/mol. The van der Waals surface area contributed by atoms with Crippen LogP contribution in [0.3, 0.4) is 0 Å². The molecule has 0 heterocycles. The number of aliphatic carboxylic acids is 1. The van der Waals surface area contributed by atoms with E-state index in [2.05, 4.69) is 5.16 Å². The maximum Gasteiger partial charge on any atom is 0.353 e. The van der Waals surface area contributed by atoms with Gasteiger partial charge in [0.1, 0.15) is 6.61 Å². The third-order valence-corrected chi connectivity index (χ3v) is 2.85. The van der Waals surface area contributed by atoms with Gasteiger partial charge in [0, 0.05) is 0 Å². The Kier molecular flexibility index (Phi) is 5.15. The maximum atomic E-state index is 10.4. The smallest absolute Gasteiger partial charge is 0.353 e. The summed E-state index contributed by atoms with van der Waals surface area (Å²) in [6, 6.07) is 0. The molecule has 4 heteroatoms.